The van der Waals surface area contributed by atoms with Gasteiger partial charge in [0.25, 0.3) is 11.1 Å². The first-order chi connectivity index (χ1) is 17.0. The molecule has 1 heterocycles. The quantitative estimate of drug-likeness (QED) is 0.164. The number of thioether (sulfide) groups is 1. The predicted molar refractivity (Wildman–Crippen MR) is 150 cm³/mol. The summed E-state index contributed by atoms with van der Waals surface area (Å²) < 4.78 is 7.27. The van der Waals surface area contributed by atoms with Crippen molar-refractivity contribution in [1.82, 2.24) is 4.90 Å². The molecule has 4 nitrogen and oxygen atoms in total. The Balaban J connectivity index is 1.46. The molecule has 4 aromatic carbocycles. The number of fused-ring (bicyclic) bond motifs is 1. The van der Waals surface area contributed by atoms with Gasteiger partial charge in [-0.2, -0.15) is 0 Å². The molecule has 0 radical (unpaired) electrons. The minimum atomic E-state index is -0.296. The van der Waals surface area contributed by atoms with Gasteiger partial charge in [-0.15, -0.1) is 0 Å². The third-order valence-electron chi connectivity index (χ3n) is 5.64. The number of imide groups is 1. The molecule has 0 bridgehead atoms. The van der Waals surface area contributed by atoms with Crippen LogP contribution in [0.4, 0.5) is 4.79 Å². The summed E-state index contributed by atoms with van der Waals surface area (Å²) in [6.45, 7) is 0.596. The van der Waals surface area contributed by atoms with Gasteiger partial charge in [-0.05, 0) is 92.7 Å². The molecule has 7 heteroatoms. The highest BCUT2D eigenvalue weighted by Crippen LogP contribution is 2.37. The van der Waals surface area contributed by atoms with Crippen LogP contribution in [0.15, 0.2) is 89.8 Å². The molecule has 0 N–H and O–H groups in total. The first-order valence-electron chi connectivity index (χ1n) is 10.9. The molecule has 0 unspecified atom stereocenters. The van der Waals surface area contributed by atoms with Gasteiger partial charge in [-0.25, -0.2) is 0 Å². The molecule has 1 saturated heterocycles. The topological polar surface area (TPSA) is 46.6 Å². The second-order valence-corrected chi connectivity index (χ2v) is 10.7. The third kappa shape index (κ3) is 5.39. The van der Waals surface area contributed by atoms with Gasteiger partial charge < -0.3 is 4.74 Å². The van der Waals surface area contributed by atoms with Crippen molar-refractivity contribution in [3.63, 3.8) is 0 Å². The fourth-order valence-corrected chi connectivity index (χ4v) is 5.14. The average Bonchev–Trinajstić information content (AvgIpc) is 3.13. The summed E-state index contributed by atoms with van der Waals surface area (Å²) in [6, 6.07) is 27.1. The zero-order valence-electron chi connectivity index (χ0n) is 18.4. The molecule has 2 amide bonds. The van der Waals surface area contributed by atoms with Gasteiger partial charge in [0, 0.05) is 14.2 Å². The van der Waals surface area contributed by atoms with Crippen molar-refractivity contribution in [1.29, 1.82) is 0 Å². The van der Waals surface area contributed by atoms with Gasteiger partial charge in [0.15, 0.2) is 0 Å². The van der Waals surface area contributed by atoms with Gasteiger partial charge in [-0.3, -0.25) is 14.5 Å². The maximum atomic E-state index is 13.2. The number of rotatable bonds is 6. The lowest BCUT2D eigenvalue weighted by atomic mass is 10.0. The number of carbonyl (C=O) groups is 2. The van der Waals surface area contributed by atoms with Crippen molar-refractivity contribution < 1.29 is 14.3 Å². The standard InChI is InChI=1S/C28H19ClINO3S/c29-21-10-5-19(6-11-21)17-34-25-14-9-20-3-1-2-4-23(20)24(25)15-26-27(32)31(28(33)35-26)16-18-7-12-22(30)13-8-18/h1-15H,16-17H2/b26-15+. The smallest absolute Gasteiger partial charge is 0.293 e. The molecule has 1 fully saturated rings. The summed E-state index contributed by atoms with van der Waals surface area (Å²) >= 11 is 9.18. The van der Waals surface area contributed by atoms with E-state index in [4.69, 9.17) is 16.3 Å². The van der Waals surface area contributed by atoms with Gasteiger partial charge in [0.2, 0.25) is 0 Å². The molecule has 0 aliphatic carbocycles. The highest BCUT2D eigenvalue weighted by Gasteiger charge is 2.35. The van der Waals surface area contributed by atoms with Gasteiger partial charge in [-0.1, -0.05) is 66.2 Å². The summed E-state index contributed by atoms with van der Waals surface area (Å²) in [5, 5.41) is 2.37. The molecule has 4 aromatic rings. The van der Waals surface area contributed by atoms with Crippen LogP contribution in [0.1, 0.15) is 16.7 Å². The Labute approximate surface area is 226 Å². The number of amides is 2. The predicted octanol–water partition coefficient (Wildman–Crippen LogP) is 7.91. The number of ether oxygens (including phenoxy) is 1. The fraction of sp³-hybridized carbons (Fsp3) is 0.0714. The lowest BCUT2D eigenvalue weighted by Crippen LogP contribution is -2.27. The van der Waals surface area contributed by atoms with Crippen LogP contribution in [0.2, 0.25) is 5.02 Å². The number of halogens is 2. The molecule has 0 aromatic heterocycles. The molecule has 0 saturated carbocycles. The van der Waals surface area contributed by atoms with Crippen molar-refractivity contribution >= 4 is 73.9 Å². The van der Waals surface area contributed by atoms with Crippen molar-refractivity contribution in [2.24, 2.45) is 0 Å². The Morgan fingerprint density at radius 2 is 1.60 bits per heavy atom. The van der Waals surface area contributed by atoms with Crippen LogP contribution >= 0.6 is 46.0 Å². The minimum Gasteiger partial charge on any atom is -0.488 e. The zero-order chi connectivity index (χ0) is 24.4. The Hall–Kier alpha value is -2.81. The summed E-state index contributed by atoms with van der Waals surface area (Å²) in [5.41, 5.74) is 2.66. The van der Waals surface area contributed by atoms with E-state index in [1.165, 1.54) is 4.90 Å². The van der Waals surface area contributed by atoms with Crippen LogP contribution in [-0.4, -0.2) is 16.0 Å². The SMILES string of the molecule is O=C1S/C(=C/c2c(OCc3ccc(Cl)cc3)ccc3ccccc23)C(=O)N1Cc1ccc(I)cc1. The Kier molecular flexibility index (Phi) is 7.13. The van der Waals surface area contributed by atoms with Crippen molar-refractivity contribution in [2.45, 2.75) is 13.2 Å². The summed E-state index contributed by atoms with van der Waals surface area (Å²) in [6.07, 6.45) is 1.78. The maximum Gasteiger partial charge on any atom is 0.293 e. The van der Waals surface area contributed by atoms with E-state index in [0.29, 0.717) is 22.3 Å². The van der Waals surface area contributed by atoms with Crippen LogP contribution in [0.3, 0.4) is 0 Å². The van der Waals surface area contributed by atoms with E-state index in [1.807, 2.05) is 84.9 Å². The summed E-state index contributed by atoms with van der Waals surface area (Å²) in [5.74, 6) is 0.346. The maximum absolute atomic E-state index is 13.2. The lowest BCUT2D eigenvalue weighted by molar-refractivity contribution is -0.123. The van der Waals surface area contributed by atoms with E-state index >= 15 is 0 Å². The van der Waals surface area contributed by atoms with Crippen LogP contribution < -0.4 is 4.74 Å². The van der Waals surface area contributed by atoms with Crippen molar-refractivity contribution in [3.05, 3.63) is 115 Å². The molecule has 5 rings (SSSR count). The first-order valence-corrected chi connectivity index (χ1v) is 13.1. The second-order valence-electron chi connectivity index (χ2n) is 8.01. The average molecular weight is 612 g/mol. The monoisotopic (exact) mass is 611 g/mol. The highest BCUT2D eigenvalue weighted by molar-refractivity contribution is 14.1. The molecule has 174 valence electrons. The molecule has 0 atom stereocenters. The minimum absolute atomic E-state index is 0.244. The van der Waals surface area contributed by atoms with Gasteiger partial charge in [0.05, 0.1) is 11.4 Å². The molecular weight excluding hydrogens is 593 g/mol. The van der Waals surface area contributed by atoms with E-state index in [9.17, 15) is 9.59 Å². The molecule has 1 aliphatic heterocycles. The van der Waals surface area contributed by atoms with E-state index in [1.54, 1.807) is 6.08 Å². The number of carbonyl (C=O) groups excluding carboxylic acids is 2. The van der Waals surface area contributed by atoms with Gasteiger partial charge in [0.1, 0.15) is 12.4 Å². The largest absolute Gasteiger partial charge is 0.488 e. The number of hydrogen-bond donors (Lipinski definition) is 0. The van der Waals surface area contributed by atoms with Crippen LogP contribution in [-0.2, 0) is 17.9 Å². The fourth-order valence-electron chi connectivity index (χ4n) is 3.83. The van der Waals surface area contributed by atoms with Crippen LogP contribution in [0, 0.1) is 3.57 Å². The normalized spacial score (nSPS) is 14.8. The zero-order valence-corrected chi connectivity index (χ0v) is 22.1. The number of benzene rings is 4. The number of nitrogens with zero attached hydrogens (tertiary/aromatic N) is 1. The van der Waals surface area contributed by atoms with E-state index < -0.39 is 0 Å². The Morgan fingerprint density at radius 1 is 0.886 bits per heavy atom. The molecule has 35 heavy (non-hydrogen) atoms. The highest BCUT2D eigenvalue weighted by atomic mass is 127. The van der Waals surface area contributed by atoms with Crippen LogP contribution in [0.5, 0.6) is 5.75 Å². The van der Waals surface area contributed by atoms with Crippen molar-refractivity contribution in [2.75, 3.05) is 0 Å². The first kappa shape index (κ1) is 23.9. The van der Waals surface area contributed by atoms with Gasteiger partial charge >= 0.3 is 0 Å². The number of hydrogen-bond acceptors (Lipinski definition) is 4. The lowest BCUT2D eigenvalue weighted by Gasteiger charge is -2.14. The van der Waals surface area contributed by atoms with Crippen LogP contribution in [0.25, 0.3) is 16.8 Å². The van der Waals surface area contributed by atoms with Crippen molar-refractivity contribution in [3.8, 4) is 5.75 Å². The Bertz CT molecular complexity index is 1450. The molecule has 0 spiro atoms. The molecule has 1 aliphatic rings. The third-order valence-corrected chi connectivity index (χ3v) is 7.52. The summed E-state index contributed by atoms with van der Waals surface area (Å²) in [4.78, 5) is 27.6. The summed E-state index contributed by atoms with van der Waals surface area (Å²) in [7, 11) is 0. The molecular formula is C28H19ClINO3S. The van der Waals surface area contributed by atoms with E-state index in [0.717, 1.165) is 42.8 Å². The van der Waals surface area contributed by atoms with E-state index in [2.05, 4.69) is 22.6 Å². The van der Waals surface area contributed by atoms with E-state index in [-0.39, 0.29) is 17.7 Å². The Morgan fingerprint density at radius 3 is 2.37 bits per heavy atom. The second kappa shape index (κ2) is 10.4.